The van der Waals surface area contributed by atoms with Crippen LogP contribution in [0.5, 0.6) is 0 Å². The summed E-state index contributed by atoms with van der Waals surface area (Å²) in [6.07, 6.45) is 1.17. The molecule has 4 rings (SSSR count). The molecule has 1 N–H and O–H groups in total. The van der Waals surface area contributed by atoms with Crippen molar-refractivity contribution >= 4 is 40.8 Å². The van der Waals surface area contributed by atoms with Crippen molar-refractivity contribution in [1.82, 2.24) is 0 Å². The third-order valence-electron chi connectivity index (χ3n) is 5.57. The van der Waals surface area contributed by atoms with Crippen LogP contribution in [0.25, 0.3) is 0 Å². The monoisotopic (exact) mass is 421 g/mol. The molecule has 0 saturated carbocycles. The minimum absolute atomic E-state index is 0.0472. The lowest BCUT2D eigenvalue weighted by Crippen LogP contribution is -2.59. The third-order valence-corrected chi connectivity index (χ3v) is 5.57. The number of esters is 1. The summed E-state index contributed by atoms with van der Waals surface area (Å²) in [5, 5.41) is 2.79. The molecule has 8 heteroatoms. The van der Waals surface area contributed by atoms with Crippen LogP contribution in [0.4, 0.5) is 17.1 Å². The van der Waals surface area contributed by atoms with E-state index in [-0.39, 0.29) is 17.4 Å². The fourth-order valence-corrected chi connectivity index (χ4v) is 3.95. The van der Waals surface area contributed by atoms with Gasteiger partial charge in [0.2, 0.25) is 11.8 Å². The standard InChI is InChI=1S/C23H23N3O5/c1-23(2)22(30)24-16-9-4-6-11-18(16)26(23)20(28)14-31-21(29)15-8-3-5-10-17(15)25-13-7-12-19(25)27/h3-6,8-11H,7,12-14H2,1-2H3,(H,24,30). The summed E-state index contributed by atoms with van der Waals surface area (Å²) in [7, 11) is 0. The number of fused-ring (bicyclic) bond motifs is 1. The van der Waals surface area contributed by atoms with Crippen molar-refractivity contribution in [3.05, 3.63) is 54.1 Å². The smallest absolute Gasteiger partial charge is 0.340 e. The van der Waals surface area contributed by atoms with E-state index < -0.39 is 24.0 Å². The summed E-state index contributed by atoms with van der Waals surface area (Å²) >= 11 is 0. The summed E-state index contributed by atoms with van der Waals surface area (Å²) in [4.78, 5) is 53.4. The first kappa shape index (κ1) is 20.6. The van der Waals surface area contributed by atoms with Gasteiger partial charge in [-0.15, -0.1) is 0 Å². The molecular formula is C23H23N3O5. The fourth-order valence-electron chi connectivity index (χ4n) is 3.95. The Hall–Kier alpha value is -3.68. The van der Waals surface area contributed by atoms with E-state index in [1.165, 1.54) is 4.90 Å². The van der Waals surface area contributed by atoms with Crippen LogP contribution in [0.2, 0.25) is 0 Å². The van der Waals surface area contributed by atoms with E-state index in [0.717, 1.165) is 6.42 Å². The van der Waals surface area contributed by atoms with Crippen LogP contribution < -0.4 is 15.1 Å². The van der Waals surface area contributed by atoms with Crippen molar-refractivity contribution in [1.29, 1.82) is 0 Å². The molecule has 0 radical (unpaired) electrons. The van der Waals surface area contributed by atoms with Gasteiger partial charge < -0.3 is 15.0 Å². The highest BCUT2D eigenvalue weighted by molar-refractivity contribution is 6.14. The van der Waals surface area contributed by atoms with Gasteiger partial charge in [0.25, 0.3) is 5.91 Å². The first-order valence-corrected chi connectivity index (χ1v) is 10.1. The molecule has 31 heavy (non-hydrogen) atoms. The maximum atomic E-state index is 13.1. The van der Waals surface area contributed by atoms with Crippen molar-refractivity contribution in [2.75, 3.05) is 28.3 Å². The van der Waals surface area contributed by atoms with Gasteiger partial charge in [-0.1, -0.05) is 24.3 Å². The summed E-state index contributed by atoms with van der Waals surface area (Å²) < 4.78 is 5.32. The highest BCUT2D eigenvalue weighted by atomic mass is 16.5. The summed E-state index contributed by atoms with van der Waals surface area (Å²) in [5.41, 5.74) is 0.602. The minimum atomic E-state index is -1.16. The Bertz CT molecular complexity index is 1080. The maximum Gasteiger partial charge on any atom is 0.340 e. The number of carbonyl (C=O) groups is 4. The van der Waals surface area contributed by atoms with Gasteiger partial charge in [0, 0.05) is 13.0 Å². The molecule has 0 atom stereocenters. The second-order valence-electron chi connectivity index (χ2n) is 8.00. The number of para-hydroxylation sites is 3. The number of rotatable bonds is 4. The molecule has 1 fully saturated rings. The first-order valence-electron chi connectivity index (χ1n) is 10.1. The summed E-state index contributed by atoms with van der Waals surface area (Å²) in [6.45, 7) is 3.26. The second-order valence-corrected chi connectivity index (χ2v) is 8.00. The highest BCUT2D eigenvalue weighted by Crippen LogP contribution is 2.36. The minimum Gasteiger partial charge on any atom is -0.452 e. The number of nitrogens with one attached hydrogen (secondary N) is 1. The Kier molecular flexibility index (Phi) is 5.22. The summed E-state index contributed by atoms with van der Waals surface area (Å²) in [5.74, 6) is -1.59. The van der Waals surface area contributed by atoms with Crippen molar-refractivity contribution < 1.29 is 23.9 Å². The Morgan fingerprint density at radius 1 is 1.03 bits per heavy atom. The fraction of sp³-hybridized carbons (Fsp3) is 0.304. The zero-order chi connectivity index (χ0) is 22.2. The summed E-state index contributed by atoms with van der Waals surface area (Å²) in [6, 6.07) is 13.6. The van der Waals surface area contributed by atoms with E-state index in [0.29, 0.717) is 30.0 Å². The van der Waals surface area contributed by atoms with E-state index >= 15 is 0 Å². The number of amides is 3. The van der Waals surface area contributed by atoms with Crippen molar-refractivity contribution in [3.8, 4) is 0 Å². The second kappa shape index (κ2) is 7.86. The number of ether oxygens (including phenoxy) is 1. The molecule has 2 aliphatic rings. The van der Waals surface area contributed by atoms with Crippen molar-refractivity contribution in [2.24, 2.45) is 0 Å². The number of carbonyl (C=O) groups excluding carboxylic acids is 4. The van der Waals surface area contributed by atoms with Crippen LogP contribution in [0, 0.1) is 0 Å². The average Bonchev–Trinajstić information content (AvgIpc) is 3.18. The SMILES string of the molecule is CC1(C)C(=O)Nc2ccccc2N1C(=O)COC(=O)c1ccccc1N1CCCC1=O. The lowest BCUT2D eigenvalue weighted by molar-refractivity contribution is -0.128. The Morgan fingerprint density at radius 2 is 1.71 bits per heavy atom. The van der Waals surface area contributed by atoms with E-state index in [1.807, 2.05) is 0 Å². The van der Waals surface area contributed by atoms with Crippen LogP contribution in [0.1, 0.15) is 37.0 Å². The van der Waals surface area contributed by atoms with Gasteiger partial charge in [0.15, 0.2) is 6.61 Å². The van der Waals surface area contributed by atoms with Gasteiger partial charge >= 0.3 is 5.97 Å². The lowest BCUT2D eigenvalue weighted by Gasteiger charge is -2.41. The Morgan fingerprint density at radius 3 is 2.42 bits per heavy atom. The molecular weight excluding hydrogens is 398 g/mol. The van der Waals surface area contributed by atoms with E-state index in [2.05, 4.69) is 5.32 Å². The largest absolute Gasteiger partial charge is 0.452 e. The number of anilines is 3. The molecule has 160 valence electrons. The predicted molar refractivity (Wildman–Crippen MR) is 115 cm³/mol. The molecule has 3 amide bonds. The van der Waals surface area contributed by atoms with Crippen LogP contribution >= 0.6 is 0 Å². The van der Waals surface area contributed by atoms with Crippen LogP contribution in [0.15, 0.2) is 48.5 Å². The molecule has 0 aromatic heterocycles. The zero-order valence-electron chi connectivity index (χ0n) is 17.4. The number of nitrogens with zero attached hydrogens (tertiary/aromatic N) is 2. The molecule has 2 aromatic carbocycles. The third kappa shape index (κ3) is 3.65. The highest BCUT2D eigenvalue weighted by Gasteiger charge is 2.43. The van der Waals surface area contributed by atoms with E-state index in [4.69, 9.17) is 4.74 Å². The average molecular weight is 421 g/mol. The number of hydrogen-bond acceptors (Lipinski definition) is 5. The topological polar surface area (TPSA) is 96.0 Å². The normalized spacial score (nSPS) is 17.2. The van der Waals surface area contributed by atoms with Gasteiger partial charge in [-0.2, -0.15) is 0 Å². The van der Waals surface area contributed by atoms with E-state index in [1.54, 1.807) is 67.3 Å². The van der Waals surface area contributed by atoms with Gasteiger partial charge in [0.05, 0.1) is 22.6 Å². The van der Waals surface area contributed by atoms with Crippen molar-refractivity contribution in [2.45, 2.75) is 32.2 Å². The van der Waals surface area contributed by atoms with Crippen LogP contribution in [0.3, 0.4) is 0 Å². The van der Waals surface area contributed by atoms with Crippen LogP contribution in [-0.4, -0.2) is 42.4 Å². The van der Waals surface area contributed by atoms with E-state index in [9.17, 15) is 19.2 Å². The van der Waals surface area contributed by atoms with Gasteiger partial charge in [-0.25, -0.2) is 4.79 Å². The maximum absolute atomic E-state index is 13.1. The number of hydrogen-bond donors (Lipinski definition) is 1. The molecule has 1 saturated heterocycles. The number of benzene rings is 2. The molecule has 0 bridgehead atoms. The van der Waals surface area contributed by atoms with Gasteiger partial charge in [-0.3, -0.25) is 19.3 Å². The lowest BCUT2D eigenvalue weighted by atomic mass is 9.96. The van der Waals surface area contributed by atoms with Gasteiger partial charge in [0.1, 0.15) is 5.54 Å². The molecule has 0 spiro atoms. The van der Waals surface area contributed by atoms with Crippen LogP contribution in [-0.2, 0) is 19.1 Å². The Labute approximate surface area is 179 Å². The molecule has 2 aromatic rings. The molecule has 0 aliphatic carbocycles. The molecule has 2 aliphatic heterocycles. The molecule has 2 heterocycles. The zero-order valence-corrected chi connectivity index (χ0v) is 17.4. The first-order chi connectivity index (χ1) is 14.8. The van der Waals surface area contributed by atoms with Crippen molar-refractivity contribution in [3.63, 3.8) is 0 Å². The van der Waals surface area contributed by atoms with Gasteiger partial charge in [-0.05, 0) is 44.5 Å². The Balaban J connectivity index is 1.54. The predicted octanol–water partition coefficient (Wildman–Crippen LogP) is 2.73. The molecule has 8 nitrogen and oxygen atoms in total. The molecule has 0 unspecified atom stereocenters. The quantitative estimate of drug-likeness (QED) is 0.766.